The maximum atomic E-state index is 13.4. The van der Waals surface area contributed by atoms with Crippen molar-refractivity contribution in [2.45, 2.75) is 18.7 Å². The summed E-state index contributed by atoms with van der Waals surface area (Å²) < 4.78 is 40.2. The first kappa shape index (κ1) is 20.2. The topological polar surface area (TPSA) is 146 Å². The van der Waals surface area contributed by atoms with Gasteiger partial charge >= 0.3 is 6.18 Å². The molecule has 0 radical (unpaired) electrons. The zero-order valence-corrected chi connectivity index (χ0v) is 15.3. The summed E-state index contributed by atoms with van der Waals surface area (Å²) in [6.45, 7) is 1.62. The van der Waals surface area contributed by atoms with E-state index in [-0.39, 0.29) is 22.8 Å². The molecule has 2 heterocycles. The molecule has 29 heavy (non-hydrogen) atoms. The molecule has 3 aromatic rings. The van der Waals surface area contributed by atoms with Crippen molar-refractivity contribution in [2.24, 2.45) is 12.8 Å². The van der Waals surface area contributed by atoms with E-state index in [4.69, 9.17) is 11.5 Å². The molecule has 0 bridgehead atoms. The Labute approximate surface area is 162 Å². The molecule has 1 unspecified atom stereocenters. The number of alkyl halides is 3. The lowest BCUT2D eigenvalue weighted by Crippen LogP contribution is -2.52. The number of nitrogens with two attached hydrogens (primary N) is 2. The second-order valence-electron chi connectivity index (χ2n) is 6.31. The molecule has 0 saturated heterocycles. The van der Waals surface area contributed by atoms with Crippen molar-refractivity contribution in [3.05, 3.63) is 41.7 Å². The molecule has 0 fully saturated rings. The maximum absolute atomic E-state index is 13.4. The standard InChI is InChI=1S/C17H16F3N7O2/c1-8-3-4-9(16(29,15(22)28)17(18,19)20)5-10(8)11-6-23-14(21)13(25-11)12-7-24-27(2)26-12/h3-7,29H,1-2H3,(H2,21,23)(H2,22,28). The lowest BCUT2D eigenvalue weighted by molar-refractivity contribution is -0.255. The minimum atomic E-state index is -5.32. The van der Waals surface area contributed by atoms with Crippen LogP contribution in [0.1, 0.15) is 11.1 Å². The predicted octanol–water partition coefficient (Wildman–Crippen LogP) is 1.06. The Morgan fingerprint density at radius 1 is 1.21 bits per heavy atom. The number of carbonyl (C=O) groups excluding carboxylic acids is 1. The summed E-state index contributed by atoms with van der Waals surface area (Å²) in [6, 6.07) is 3.28. The van der Waals surface area contributed by atoms with Gasteiger partial charge in [-0.25, -0.2) is 9.97 Å². The molecule has 3 rings (SSSR count). The normalized spacial score (nSPS) is 13.9. The molecule has 0 saturated carbocycles. The van der Waals surface area contributed by atoms with Crippen molar-refractivity contribution in [1.82, 2.24) is 25.0 Å². The van der Waals surface area contributed by atoms with Crippen LogP contribution in [0.25, 0.3) is 22.6 Å². The summed E-state index contributed by atoms with van der Waals surface area (Å²) >= 11 is 0. The number of primary amides is 1. The van der Waals surface area contributed by atoms with Crippen molar-refractivity contribution < 1.29 is 23.1 Å². The monoisotopic (exact) mass is 407 g/mol. The molecule has 1 atom stereocenters. The molecule has 12 heteroatoms. The Morgan fingerprint density at radius 3 is 2.45 bits per heavy atom. The average molecular weight is 407 g/mol. The summed E-state index contributed by atoms with van der Waals surface area (Å²) in [6.07, 6.45) is -2.65. The van der Waals surface area contributed by atoms with Gasteiger partial charge in [0.05, 0.1) is 18.1 Å². The van der Waals surface area contributed by atoms with Gasteiger partial charge in [0.2, 0.25) is 0 Å². The lowest BCUT2D eigenvalue weighted by Gasteiger charge is -2.28. The van der Waals surface area contributed by atoms with Gasteiger partial charge < -0.3 is 16.6 Å². The Hall–Kier alpha value is -3.54. The first-order chi connectivity index (χ1) is 13.4. The minimum Gasteiger partial charge on any atom is -0.382 e. The van der Waals surface area contributed by atoms with E-state index in [0.29, 0.717) is 11.3 Å². The van der Waals surface area contributed by atoms with Crippen LogP contribution in [-0.4, -0.2) is 42.2 Å². The molecule has 152 valence electrons. The van der Waals surface area contributed by atoms with Crippen LogP contribution in [0.4, 0.5) is 19.0 Å². The van der Waals surface area contributed by atoms with Crippen LogP contribution in [0.3, 0.4) is 0 Å². The van der Waals surface area contributed by atoms with Crippen LogP contribution in [0, 0.1) is 6.92 Å². The van der Waals surface area contributed by atoms with Gasteiger partial charge in [-0.1, -0.05) is 12.1 Å². The van der Waals surface area contributed by atoms with Crippen LogP contribution in [0.2, 0.25) is 0 Å². The zero-order valence-electron chi connectivity index (χ0n) is 15.3. The Bertz CT molecular complexity index is 1100. The number of nitrogens with zero attached hydrogens (tertiary/aromatic N) is 5. The second kappa shape index (κ2) is 6.81. The summed E-state index contributed by atoms with van der Waals surface area (Å²) in [7, 11) is 1.59. The number of amides is 1. The number of aromatic nitrogens is 5. The first-order valence-corrected chi connectivity index (χ1v) is 8.15. The molecule has 0 aliphatic heterocycles. The number of hydrogen-bond acceptors (Lipinski definition) is 7. The smallest absolute Gasteiger partial charge is 0.382 e. The van der Waals surface area contributed by atoms with Gasteiger partial charge in [0.15, 0.2) is 5.82 Å². The van der Waals surface area contributed by atoms with Crippen LogP contribution >= 0.6 is 0 Å². The van der Waals surface area contributed by atoms with E-state index >= 15 is 0 Å². The fourth-order valence-electron chi connectivity index (χ4n) is 2.74. The van der Waals surface area contributed by atoms with Crippen molar-refractivity contribution in [1.29, 1.82) is 0 Å². The first-order valence-electron chi connectivity index (χ1n) is 8.15. The van der Waals surface area contributed by atoms with Crippen LogP contribution in [-0.2, 0) is 17.4 Å². The summed E-state index contributed by atoms with van der Waals surface area (Å²) in [5, 5.41) is 18.1. The maximum Gasteiger partial charge on any atom is 0.430 e. The molecule has 1 aromatic carbocycles. The van der Waals surface area contributed by atoms with Gasteiger partial charge in [0.1, 0.15) is 11.4 Å². The van der Waals surface area contributed by atoms with Crippen molar-refractivity contribution >= 4 is 11.7 Å². The van der Waals surface area contributed by atoms with Gasteiger partial charge in [-0.2, -0.15) is 28.2 Å². The number of rotatable bonds is 4. The fraction of sp³-hybridized carbons (Fsp3) is 0.235. The summed E-state index contributed by atoms with van der Waals surface area (Å²) in [5.41, 5.74) is 7.49. The molecule has 2 aromatic heterocycles. The highest BCUT2D eigenvalue weighted by Crippen LogP contribution is 2.40. The van der Waals surface area contributed by atoms with E-state index in [1.165, 1.54) is 23.3 Å². The quantitative estimate of drug-likeness (QED) is 0.586. The molecule has 0 aliphatic rings. The van der Waals surface area contributed by atoms with Gasteiger partial charge in [0.25, 0.3) is 11.5 Å². The van der Waals surface area contributed by atoms with E-state index in [1.54, 1.807) is 14.0 Å². The number of aliphatic hydroxyl groups is 1. The second-order valence-corrected chi connectivity index (χ2v) is 6.31. The molecule has 5 N–H and O–H groups in total. The Balaban J connectivity index is 2.18. The third kappa shape index (κ3) is 3.38. The summed E-state index contributed by atoms with van der Waals surface area (Å²) in [5.74, 6) is -1.89. The van der Waals surface area contributed by atoms with Crippen LogP contribution in [0.15, 0.2) is 30.6 Å². The number of carbonyl (C=O) groups is 1. The highest BCUT2D eigenvalue weighted by atomic mass is 19.4. The van der Waals surface area contributed by atoms with E-state index in [2.05, 4.69) is 20.2 Å². The zero-order chi connectivity index (χ0) is 21.6. The highest BCUT2D eigenvalue weighted by Gasteiger charge is 2.60. The summed E-state index contributed by atoms with van der Waals surface area (Å²) in [4.78, 5) is 21.1. The number of halogens is 3. The average Bonchev–Trinajstić information content (AvgIpc) is 3.07. The van der Waals surface area contributed by atoms with Crippen molar-refractivity contribution in [2.75, 3.05) is 5.73 Å². The van der Waals surface area contributed by atoms with E-state index in [1.807, 2.05) is 0 Å². The third-order valence-electron chi connectivity index (χ3n) is 4.34. The lowest BCUT2D eigenvalue weighted by atomic mass is 9.89. The SMILES string of the molecule is Cc1ccc(C(O)(C(N)=O)C(F)(F)F)cc1-c1cnc(N)c(-c2cnn(C)n2)n1. The Kier molecular flexibility index (Phi) is 4.74. The molecular weight excluding hydrogens is 391 g/mol. The molecule has 9 nitrogen and oxygen atoms in total. The van der Waals surface area contributed by atoms with Gasteiger partial charge in [-0.3, -0.25) is 4.79 Å². The molecule has 0 spiro atoms. The number of hydrogen-bond donors (Lipinski definition) is 3. The van der Waals surface area contributed by atoms with Gasteiger partial charge in [-0.15, -0.1) is 0 Å². The van der Waals surface area contributed by atoms with Crippen molar-refractivity contribution in [3.8, 4) is 22.6 Å². The van der Waals surface area contributed by atoms with Gasteiger partial charge in [0, 0.05) is 18.2 Å². The molecule has 0 aliphatic carbocycles. The predicted molar refractivity (Wildman–Crippen MR) is 95.8 cm³/mol. The number of aryl methyl sites for hydroxylation is 2. The minimum absolute atomic E-state index is 0.0481. The van der Waals surface area contributed by atoms with Gasteiger partial charge in [-0.05, 0) is 18.6 Å². The number of nitrogen functional groups attached to an aromatic ring is 1. The largest absolute Gasteiger partial charge is 0.430 e. The highest BCUT2D eigenvalue weighted by molar-refractivity contribution is 5.86. The van der Waals surface area contributed by atoms with Crippen LogP contribution in [0.5, 0.6) is 0 Å². The van der Waals surface area contributed by atoms with Crippen LogP contribution < -0.4 is 11.5 Å². The van der Waals surface area contributed by atoms with E-state index in [0.717, 1.165) is 12.1 Å². The third-order valence-corrected chi connectivity index (χ3v) is 4.34. The van der Waals surface area contributed by atoms with E-state index < -0.39 is 23.2 Å². The van der Waals surface area contributed by atoms with Crippen molar-refractivity contribution in [3.63, 3.8) is 0 Å². The number of benzene rings is 1. The molecule has 1 amide bonds. The Morgan fingerprint density at radius 2 is 1.90 bits per heavy atom. The fourth-order valence-corrected chi connectivity index (χ4v) is 2.74. The van der Waals surface area contributed by atoms with E-state index in [9.17, 15) is 23.1 Å². The molecular formula is C17H16F3N7O2. The number of anilines is 1.